The molecule has 2 aromatic carbocycles. The van der Waals surface area contributed by atoms with Gasteiger partial charge in [0, 0.05) is 10.6 Å². The summed E-state index contributed by atoms with van der Waals surface area (Å²) in [5, 5.41) is 0.601. The van der Waals surface area contributed by atoms with Crippen LogP contribution in [0.15, 0.2) is 48.5 Å². The van der Waals surface area contributed by atoms with Crippen LogP contribution in [0.25, 0.3) is 0 Å². The van der Waals surface area contributed by atoms with Gasteiger partial charge in [-0.15, -0.1) is 0 Å². The number of halogens is 2. The average molecular weight is 236 g/mol. The molecule has 0 aliphatic heterocycles. The number of hydrogen-bond acceptors (Lipinski definition) is 1. The average Bonchev–Trinajstić information content (AvgIpc) is 2.29. The van der Waals surface area contributed by atoms with E-state index in [1.807, 2.05) is 6.07 Å². The molecule has 0 saturated heterocycles. The summed E-state index contributed by atoms with van der Waals surface area (Å²) in [6.45, 7) is 0. The van der Waals surface area contributed by atoms with E-state index in [-0.39, 0.29) is 5.82 Å². The van der Waals surface area contributed by atoms with Crippen LogP contribution in [0.2, 0.25) is 5.02 Å². The Morgan fingerprint density at radius 2 is 1.81 bits per heavy atom. The second-order valence-electron chi connectivity index (χ2n) is 3.55. The molecule has 2 aromatic rings. The molecule has 82 valence electrons. The molecule has 0 aliphatic rings. The predicted octanol–water partition coefficient (Wildman–Crippen LogP) is 3.53. The lowest BCUT2D eigenvalue weighted by Crippen LogP contribution is -2.13. The molecule has 0 radical (unpaired) electrons. The molecule has 2 rings (SSSR count). The fourth-order valence-electron chi connectivity index (χ4n) is 1.61. The lowest BCUT2D eigenvalue weighted by Gasteiger charge is -2.13. The third-order valence-corrected chi connectivity index (χ3v) is 2.68. The van der Waals surface area contributed by atoms with E-state index in [2.05, 4.69) is 0 Å². The fourth-order valence-corrected chi connectivity index (χ4v) is 1.81. The van der Waals surface area contributed by atoms with E-state index < -0.39 is 6.04 Å². The first-order valence-electron chi connectivity index (χ1n) is 4.94. The molecular formula is C13H11ClFN. The molecule has 1 nitrogen and oxygen atoms in total. The topological polar surface area (TPSA) is 26.0 Å². The monoisotopic (exact) mass is 235 g/mol. The highest BCUT2D eigenvalue weighted by atomic mass is 35.5. The minimum Gasteiger partial charge on any atom is -0.320 e. The van der Waals surface area contributed by atoms with E-state index in [0.29, 0.717) is 10.6 Å². The van der Waals surface area contributed by atoms with Crippen LogP contribution in [0, 0.1) is 5.82 Å². The van der Waals surface area contributed by atoms with Gasteiger partial charge in [0.25, 0.3) is 0 Å². The largest absolute Gasteiger partial charge is 0.320 e. The molecule has 0 spiro atoms. The van der Waals surface area contributed by atoms with Crippen LogP contribution >= 0.6 is 11.6 Å². The molecule has 2 N–H and O–H groups in total. The van der Waals surface area contributed by atoms with Crippen molar-refractivity contribution in [2.45, 2.75) is 6.04 Å². The van der Waals surface area contributed by atoms with Crippen molar-refractivity contribution in [1.29, 1.82) is 0 Å². The van der Waals surface area contributed by atoms with E-state index in [0.717, 1.165) is 5.56 Å². The van der Waals surface area contributed by atoms with Gasteiger partial charge in [0.1, 0.15) is 5.82 Å². The van der Waals surface area contributed by atoms with Crippen LogP contribution in [-0.2, 0) is 0 Å². The molecule has 0 aliphatic carbocycles. The quantitative estimate of drug-likeness (QED) is 0.847. The lowest BCUT2D eigenvalue weighted by molar-refractivity contribution is 0.599. The summed E-state index contributed by atoms with van der Waals surface area (Å²) in [5.41, 5.74) is 7.27. The van der Waals surface area contributed by atoms with Crippen LogP contribution in [0.5, 0.6) is 0 Å². The lowest BCUT2D eigenvalue weighted by atomic mass is 9.99. The first kappa shape index (κ1) is 11.1. The molecule has 16 heavy (non-hydrogen) atoms. The predicted molar refractivity (Wildman–Crippen MR) is 63.9 cm³/mol. The Bertz CT molecular complexity index is 499. The summed E-state index contributed by atoms with van der Waals surface area (Å²) >= 11 is 5.87. The maximum Gasteiger partial charge on any atom is 0.128 e. The van der Waals surface area contributed by atoms with Crippen molar-refractivity contribution in [2.24, 2.45) is 5.73 Å². The van der Waals surface area contributed by atoms with Gasteiger partial charge in [-0.1, -0.05) is 41.9 Å². The van der Waals surface area contributed by atoms with Gasteiger partial charge < -0.3 is 5.73 Å². The van der Waals surface area contributed by atoms with Gasteiger partial charge in [-0.2, -0.15) is 0 Å². The highest BCUT2D eigenvalue weighted by Crippen LogP contribution is 2.23. The zero-order chi connectivity index (χ0) is 11.5. The molecule has 0 amide bonds. The number of benzene rings is 2. The summed E-state index contributed by atoms with van der Waals surface area (Å²) < 4.78 is 13.5. The molecule has 0 heterocycles. The SMILES string of the molecule is NC(c1cccc(Cl)c1)c1ccccc1F. The number of hydrogen-bond donors (Lipinski definition) is 1. The Hall–Kier alpha value is -1.38. The summed E-state index contributed by atoms with van der Waals surface area (Å²) in [4.78, 5) is 0. The van der Waals surface area contributed by atoms with Gasteiger partial charge in [-0.25, -0.2) is 4.39 Å². The van der Waals surface area contributed by atoms with Crippen molar-refractivity contribution >= 4 is 11.6 Å². The second kappa shape index (κ2) is 4.64. The number of nitrogens with two attached hydrogens (primary N) is 1. The number of rotatable bonds is 2. The Labute approximate surface area is 98.7 Å². The summed E-state index contributed by atoms with van der Waals surface area (Å²) in [5.74, 6) is -0.296. The second-order valence-corrected chi connectivity index (χ2v) is 3.99. The van der Waals surface area contributed by atoms with Crippen LogP contribution in [0.4, 0.5) is 4.39 Å². The van der Waals surface area contributed by atoms with Gasteiger partial charge in [0.15, 0.2) is 0 Å². The van der Waals surface area contributed by atoms with Crippen molar-refractivity contribution < 1.29 is 4.39 Å². The van der Waals surface area contributed by atoms with E-state index in [1.165, 1.54) is 6.07 Å². The van der Waals surface area contributed by atoms with Crippen molar-refractivity contribution in [1.82, 2.24) is 0 Å². The van der Waals surface area contributed by atoms with E-state index >= 15 is 0 Å². The minimum atomic E-state index is -0.486. The fraction of sp³-hybridized carbons (Fsp3) is 0.0769. The standard InChI is InChI=1S/C13H11ClFN/c14-10-5-3-4-9(8-10)13(16)11-6-1-2-7-12(11)15/h1-8,13H,16H2. The normalized spacial score (nSPS) is 12.4. The van der Waals surface area contributed by atoms with Gasteiger partial charge >= 0.3 is 0 Å². The zero-order valence-electron chi connectivity index (χ0n) is 8.53. The van der Waals surface area contributed by atoms with Gasteiger partial charge in [-0.05, 0) is 23.8 Å². The molecule has 3 heteroatoms. The van der Waals surface area contributed by atoms with Gasteiger partial charge in [0.05, 0.1) is 6.04 Å². The Morgan fingerprint density at radius 1 is 1.06 bits per heavy atom. The Morgan fingerprint density at radius 3 is 2.50 bits per heavy atom. The van der Waals surface area contributed by atoms with E-state index in [4.69, 9.17) is 17.3 Å². The third kappa shape index (κ3) is 2.23. The maximum absolute atomic E-state index is 13.5. The van der Waals surface area contributed by atoms with Crippen LogP contribution in [-0.4, -0.2) is 0 Å². The summed E-state index contributed by atoms with van der Waals surface area (Å²) in [6, 6.07) is 13.2. The van der Waals surface area contributed by atoms with Crippen molar-refractivity contribution in [3.05, 3.63) is 70.5 Å². The third-order valence-electron chi connectivity index (χ3n) is 2.45. The van der Waals surface area contributed by atoms with Crippen molar-refractivity contribution in [2.75, 3.05) is 0 Å². The van der Waals surface area contributed by atoms with Crippen LogP contribution < -0.4 is 5.73 Å². The van der Waals surface area contributed by atoms with Crippen molar-refractivity contribution in [3.63, 3.8) is 0 Å². The van der Waals surface area contributed by atoms with Crippen LogP contribution in [0.3, 0.4) is 0 Å². The smallest absolute Gasteiger partial charge is 0.128 e. The Kier molecular flexibility index (Phi) is 3.22. The van der Waals surface area contributed by atoms with Crippen molar-refractivity contribution in [3.8, 4) is 0 Å². The molecule has 1 atom stereocenters. The minimum absolute atomic E-state index is 0.296. The Balaban J connectivity index is 2.39. The first-order chi connectivity index (χ1) is 7.68. The van der Waals surface area contributed by atoms with E-state index in [9.17, 15) is 4.39 Å². The summed E-state index contributed by atoms with van der Waals surface area (Å²) in [6.07, 6.45) is 0. The van der Waals surface area contributed by atoms with E-state index in [1.54, 1.807) is 36.4 Å². The highest BCUT2D eigenvalue weighted by molar-refractivity contribution is 6.30. The van der Waals surface area contributed by atoms with Gasteiger partial charge in [-0.3, -0.25) is 0 Å². The molecular weight excluding hydrogens is 225 g/mol. The zero-order valence-corrected chi connectivity index (χ0v) is 9.29. The van der Waals surface area contributed by atoms with Gasteiger partial charge in [0.2, 0.25) is 0 Å². The summed E-state index contributed by atoms with van der Waals surface area (Å²) in [7, 11) is 0. The molecule has 1 unspecified atom stereocenters. The van der Waals surface area contributed by atoms with Crippen LogP contribution in [0.1, 0.15) is 17.2 Å². The first-order valence-corrected chi connectivity index (χ1v) is 5.32. The maximum atomic E-state index is 13.5. The molecule has 0 saturated carbocycles. The molecule has 0 aromatic heterocycles. The molecule has 0 fully saturated rings. The highest BCUT2D eigenvalue weighted by Gasteiger charge is 2.12. The molecule has 0 bridgehead atoms.